The summed E-state index contributed by atoms with van der Waals surface area (Å²) in [5, 5.41) is 0.643. The SMILES string of the molecule is C#Cc1cccc(-c2cc(=O)n(C)c3ccc(C(N)c4ccc(Cl)cc4)nc23)n1.Cn1ccnc1. The largest absolute Gasteiger partial charge is 0.341 e. The zero-order chi connectivity index (χ0) is 24.9. The van der Waals surface area contributed by atoms with Crippen LogP contribution in [0.2, 0.25) is 5.02 Å². The van der Waals surface area contributed by atoms with Crippen molar-refractivity contribution in [1.29, 1.82) is 0 Å². The highest BCUT2D eigenvalue weighted by atomic mass is 35.5. The Morgan fingerprint density at radius 1 is 1.06 bits per heavy atom. The van der Waals surface area contributed by atoms with Gasteiger partial charge in [-0.15, -0.1) is 6.42 Å². The first-order valence-electron chi connectivity index (χ1n) is 10.7. The molecule has 0 fully saturated rings. The van der Waals surface area contributed by atoms with Crippen molar-refractivity contribution in [3.05, 3.63) is 112 Å². The summed E-state index contributed by atoms with van der Waals surface area (Å²) >= 11 is 5.98. The molecule has 0 amide bonds. The molecule has 35 heavy (non-hydrogen) atoms. The summed E-state index contributed by atoms with van der Waals surface area (Å²) < 4.78 is 3.44. The van der Waals surface area contributed by atoms with Crippen molar-refractivity contribution >= 4 is 22.6 Å². The molecule has 0 spiro atoms. The second kappa shape index (κ2) is 10.3. The first-order valence-corrected chi connectivity index (χ1v) is 11.1. The van der Waals surface area contributed by atoms with Gasteiger partial charge in [0.1, 0.15) is 5.69 Å². The lowest BCUT2D eigenvalue weighted by molar-refractivity contribution is 0.831. The van der Waals surface area contributed by atoms with Crippen LogP contribution >= 0.6 is 11.6 Å². The molecule has 0 saturated heterocycles. The topological polar surface area (TPSA) is 91.6 Å². The van der Waals surface area contributed by atoms with Crippen molar-refractivity contribution in [3.8, 4) is 23.6 Å². The number of aryl methyl sites for hydroxylation is 2. The van der Waals surface area contributed by atoms with Gasteiger partial charge in [0, 0.05) is 43.1 Å². The van der Waals surface area contributed by atoms with Gasteiger partial charge in [0.25, 0.3) is 5.56 Å². The minimum Gasteiger partial charge on any atom is -0.341 e. The van der Waals surface area contributed by atoms with E-state index >= 15 is 0 Å². The standard InChI is InChI=1S/C23H17ClN4O.C4H6N2/c1-3-16-5-4-6-18(26-16)17-13-21(29)28(2)20-12-11-19(27-23(17)20)22(25)14-7-9-15(24)10-8-14;1-6-3-2-5-4-6/h1,4-13,22H,25H2,2H3;2-4H,1H3. The molecule has 0 radical (unpaired) electrons. The molecular formula is C27H23ClN6O. The molecule has 5 rings (SSSR count). The van der Waals surface area contributed by atoms with Crippen molar-refractivity contribution in [2.45, 2.75) is 6.04 Å². The predicted octanol–water partition coefficient (Wildman–Crippen LogP) is 4.10. The van der Waals surface area contributed by atoms with Gasteiger partial charge in [-0.05, 0) is 42.0 Å². The fourth-order valence-electron chi connectivity index (χ4n) is 3.54. The van der Waals surface area contributed by atoms with Crippen LogP contribution in [0, 0.1) is 12.3 Å². The number of nitrogens with two attached hydrogens (primary N) is 1. The number of benzene rings is 1. The van der Waals surface area contributed by atoms with Crippen LogP contribution in [0.4, 0.5) is 0 Å². The Bertz CT molecular complexity index is 1570. The minimum absolute atomic E-state index is 0.156. The molecule has 2 N–H and O–H groups in total. The molecule has 4 aromatic heterocycles. The highest BCUT2D eigenvalue weighted by molar-refractivity contribution is 6.30. The zero-order valence-corrected chi connectivity index (χ0v) is 20.0. The van der Waals surface area contributed by atoms with E-state index in [4.69, 9.17) is 28.7 Å². The van der Waals surface area contributed by atoms with Crippen LogP contribution < -0.4 is 11.3 Å². The summed E-state index contributed by atoms with van der Waals surface area (Å²) in [6, 6.07) is 17.5. The third-order valence-corrected chi connectivity index (χ3v) is 5.72. The maximum Gasteiger partial charge on any atom is 0.251 e. The molecule has 1 atom stereocenters. The Labute approximate surface area is 207 Å². The van der Waals surface area contributed by atoms with E-state index in [0.717, 1.165) is 5.56 Å². The Balaban J connectivity index is 0.000000421. The van der Waals surface area contributed by atoms with Gasteiger partial charge in [-0.2, -0.15) is 0 Å². The van der Waals surface area contributed by atoms with Gasteiger partial charge < -0.3 is 14.9 Å². The number of nitrogens with zero attached hydrogens (tertiary/aromatic N) is 5. The summed E-state index contributed by atoms with van der Waals surface area (Å²) in [6.45, 7) is 0. The number of rotatable bonds is 3. The molecule has 0 bridgehead atoms. The smallest absolute Gasteiger partial charge is 0.251 e. The second-order valence-electron chi connectivity index (χ2n) is 7.87. The van der Waals surface area contributed by atoms with Gasteiger partial charge in [-0.3, -0.25) is 4.79 Å². The van der Waals surface area contributed by atoms with Gasteiger partial charge in [0.2, 0.25) is 0 Å². The monoisotopic (exact) mass is 482 g/mol. The van der Waals surface area contributed by atoms with Crippen molar-refractivity contribution in [3.63, 3.8) is 0 Å². The molecule has 4 heterocycles. The van der Waals surface area contributed by atoms with Crippen LogP contribution in [-0.2, 0) is 14.1 Å². The number of aromatic nitrogens is 5. The molecule has 0 aliphatic rings. The molecular weight excluding hydrogens is 460 g/mol. The van der Waals surface area contributed by atoms with Crippen molar-refractivity contribution in [2.24, 2.45) is 19.8 Å². The van der Waals surface area contributed by atoms with Crippen molar-refractivity contribution in [2.75, 3.05) is 0 Å². The Kier molecular flexibility index (Phi) is 7.06. The molecule has 174 valence electrons. The number of hydrogen-bond acceptors (Lipinski definition) is 5. The van der Waals surface area contributed by atoms with E-state index < -0.39 is 6.04 Å². The van der Waals surface area contributed by atoms with Gasteiger partial charge in [0.15, 0.2) is 0 Å². The lowest BCUT2D eigenvalue weighted by atomic mass is 10.0. The van der Waals surface area contributed by atoms with E-state index in [-0.39, 0.29) is 5.56 Å². The predicted molar refractivity (Wildman–Crippen MR) is 139 cm³/mol. The first-order chi connectivity index (χ1) is 16.9. The lowest BCUT2D eigenvalue weighted by Crippen LogP contribution is -2.18. The first kappa shape index (κ1) is 23.9. The van der Waals surface area contributed by atoms with Gasteiger partial charge >= 0.3 is 0 Å². The van der Waals surface area contributed by atoms with Crippen LogP contribution in [0.15, 0.2) is 84.2 Å². The maximum absolute atomic E-state index is 12.5. The number of pyridine rings is 3. The van der Waals surface area contributed by atoms with Crippen molar-refractivity contribution in [1.82, 2.24) is 24.1 Å². The third kappa shape index (κ3) is 5.30. The van der Waals surface area contributed by atoms with Gasteiger partial charge in [-0.1, -0.05) is 35.7 Å². The molecule has 8 heteroatoms. The Morgan fingerprint density at radius 3 is 2.46 bits per heavy atom. The van der Waals surface area contributed by atoms with Crippen LogP contribution in [-0.4, -0.2) is 24.1 Å². The minimum atomic E-state index is -0.438. The number of halogens is 1. The van der Waals surface area contributed by atoms with E-state index in [2.05, 4.69) is 15.9 Å². The molecule has 0 aliphatic carbocycles. The average molecular weight is 483 g/mol. The normalized spacial score (nSPS) is 11.4. The molecule has 5 aromatic rings. The Hall–Kier alpha value is -4.25. The van der Waals surface area contributed by atoms with Crippen LogP contribution in [0.5, 0.6) is 0 Å². The number of fused-ring (bicyclic) bond motifs is 1. The summed E-state index contributed by atoms with van der Waals surface area (Å²) in [7, 11) is 3.65. The highest BCUT2D eigenvalue weighted by Crippen LogP contribution is 2.27. The zero-order valence-electron chi connectivity index (χ0n) is 19.3. The van der Waals surface area contributed by atoms with E-state index in [0.29, 0.717) is 38.7 Å². The highest BCUT2D eigenvalue weighted by Gasteiger charge is 2.16. The number of terminal acetylenes is 1. The van der Waals surface area contributed by atoms with Crippen LogP contribution in [0.25, 0.3) is 22.3 Å². The van der Waals surface area contributed by atoms with E-state index in [9.17, 15) is 4.79 Å². The quantitative estimate of drug-likeness (QED) is 0.391. The summed E-state index contributed by atoms with van der Waals surface area (Å²) in [5.41, 5.74) is 10.9. The summed E-state index contributed by atoms with van der Waals surface area (Å²) in [4.78, 5) is 25.5. The lowest BCUT2D eigenvalue weighted by Gasteiger charge is -2.15. The van der Waals surface area contributed by atoms with E-state index in [1.165, 1.54) is 6.07 Å². The van der Waals surface area contributed by atoms with E-state index in [1.807, 2.05) is 54.2 Å². The summed E-state index contributed by atoms with van der Waals surface area (Å²) in [6.07, 6.45) is 10.9. The van der Waals surface area contributed by atoms with Crippen molar-refractivity contribution < 1.29 is 0 Å². The van der Waals surface area contributed by atoms with Gasteiger partial charge in [-0.25, -0.2) is 15.0 Å². The second-order valence-corrected chi connectivity index (χ2v) is 8.31. The molecule has 7 nitrogen and oxygen atoms in total. The fraction of sp³-hybridized carbons (Fsp3) is 0.111. The molecule has 0 aliphatic heterocycles. The molecule has 1 aromatic carbocycles. The Morgan fingerprint density at radius 2 is 1.83 bits per heavy atom. The average Bonchev–Trinajstić information content (AvgIpc) is 3.37. The van der Waals surface area contributed by atoms with Crippen LogP contribution in [0.3, 0.4) is 0 Å². The molecule has 0 saturated carbocycles. The fourth-order valence-corrected chi connectivity index (χ4v) is 3.67. The number of hydrogen-bond donors (Lipinski definition) is 1. The van der Waals surface area contributed by atoms with Gasteiger partial charge in [0.05, 0.1) is 34.8 Å². The molecule has 1 unspecified atom stereocenters. The van der Waals surface area contributed by atoms with Crippen LogP contribution in [0.1, 0.15) is 23.0 Å². The van der Waals surface area contributed by atoms with E-state index in [1.54, 1.807) is 42.3 Å². The summed E-state index contributed by atoms with van der Waals surface area (Å²) in [5.74, 6) is 2.52. The maximum atomic E-state index is 12.5. The third-order valence-electron chi connectivity index (χ3n) is 5.47. The number of imidazole rings is 1.